The Balaban J connectivity index is 1.72. The summed E-state index contributed by atoms with van der Waals surface area (Å²) in [5.74, 6) is 5.97. The van der Waals surface area contributed by atoms with E-state index in [1.807, 2.05) is 29.0 Å². The van der Waals surface area contributed by atoms with Crippen LogP contribution in [0.5, 0.6) is 0 Å². The number of nitrogen functional groups attached to an aromatic ring is 1. The number of aromatic nitrogens is 5. The van der Waals surface area contributed by atoms with E-state index in [1.165, 1.54) is 11.3 Å². The van der Waals surface area contributed by atoms with Gasteiger partial charge in [0.15, 0.2) is 5.60 Å². The van der Waals surface area contributed by atoms with Crippen molar-refractivity contribution in [1.29, 1.82) is 0 Å². The Morgan fingerprint density at radius 1 is 1.23 bits per heavy atom. The molecule has 0 saturated heterocycles. The van der Waals surface area contributed by atoms with Gasteiger partial charge in [-0.2, -0.15) is 4.98 Å². The van der Waals surface area contributed by atoms with Gasteiger partial charge in [-0.3, -0.25) is 0 Å². The van der Waals surface area contributed by atoms with E-state index < -0.39 is 5.60 Å². The fourth-order valence-corrected chi connectivity index (χ4v) is 3.13. The molecule has 7 nitrogen and oxygen atoms in total. The second-order valence-corrected chi connectivity index (χ2v) is 6.65. The van der Waals surface area contributed by atoms with E-state index in [-0.39, 0.29) is 5.95 Å². The highest BCUT2D eigenvalue weighted by Gasteiger charge is 2.22. The molecule has 0 spiro atoms. The third-order valence-corrected chi connectivity index (χ3v) is 4.73. The number of fused-ring (bicyclic) bond motifs is 1. The van der Waals surface area contributed by atoms with Crippen molar-refractivity contribution in [2.24, 2.45) is 0 Å². The summed E-state index contributed by atoms with van der Waals surface area (Å²) in [6, 6.07) is 5.58. The van der Waals surface area contributed by atoms with Crippen LogP contribution in [0.15, 0.2) is 48.4 Å². The lowest BCUT2D eigenvalue weighted by Gasteiger charge is -2.11. The third kappa shape index (κ3) is 3.01. The predicted molar refractivity (Wildman–Crippen MR) is 99.6 cm³/mol. The van der Waals surface area contributed by atoms with Gasteiger partial charge in [0, 0.05) is 35.6 Å². The number of hydrogen-bond donors (Lipinski definition) is 2. The number of anilines is 1. The van der Waals surface area contributed by atoms with Crippen molar-refractivity contribution >= 4 is 28.3 Å². The lowest BCUT2D eigenvalue weighted by molar-refractivity contribution is 0.122. The number of nitrogens with two attached hydrogens (primary N) is 1. The average molecular weight is 362 g/mol. The standard InChI is InChI=1S/C18H14N6OS/c1-18(25,16-21-7-9-26-16)5-2-13-10-14(3-6-20-13)24-8-4-12-11-22-17(19)23-15(12)24/h3-4,6-11,25H,1H3,(H2,19,22,23). The van der Waals surface area contributed by atoms with Gasteiger partial charge >= 0.3 is 0 Å². The number of aliphatic hydroxyl groups is 1. The molecule has 0 aromatic carbocycles. The number of thiazole rings is 1. The average Bonchev–Trinajstić information content (AvgIpc) is 3.30. The molecule has 1 atom stereocenters. The molecule has 4 heterocycles. The maximum atomic E-state index is 10.5. The van der Waals surface area contributed by atoms with Crippen molar-refractivity contribution in [3.05, 3.63) is 59.1 Å². The summed E-state index contributed by atoms with van der Waals surface area (Å²) in [7, 11) is 0. The van der Waals surface area contributed by atoms with Gasteiger partial charge in [-0.15, -0.1) is 11.3 Å². The molecule has 4 aromatic rings. The first-order chi connectivity index (χ1) is 12.5. The minimum absolute atomic E-state index is 0.214. The molecule has 0 saturated carbocycles. The molecule has 8 heteroatoms. The molecular weight excluding hydrogens is 348 g/mol. The van der Waals surface area contributed by atoms with Gasteiger partial charge in [-0.25, -0.2) is 15.0 Å². The first kappa shape index (κ1) is 16.2. The molecule has 0 aliphatic carbocycles. The second-order valence-electron chi connectivity index (χ2n) is 5.75. The van der Waals surface area contributed by atoms with Crippen molar-refractivity contribution in [3.8, 4) is 17.5 Å². The van der Waals surface area contributed by atoms with E-state index in [4.69, 9.17) is 5.73 Å². The van der Waals surface area contributed by atoms with Gasteiger partial charge in [0.1, 0.15) is 16.3 Å². The highest BCUT2D eigenvalue weighted by Crippen LogP contribution is 2.22. The topological polar surface area (TPSA) is 103 Å². The molecule has 0 radical (unpaired) electrons. The summed E-state index contributed by atoms with van der Waals surface area (Å²) in [6.45, 7) is 1.61. The lowest BCUT2D eigenvalue weighted by atomic mass is 10.1. The largest absolute Gasteiger partial charge is 0.371 e. The molecule has 0 aliphatic rings. The fourth-order valence-electron chi connectivity index (χ4n) is 2.48. The van der Waals surface area contributed by atoms with Crippen LogP contribution < -0.4 is 5.73 Å². The Labute approximate surface area is 153 Å². The third-order valence-electron chi connectivity index (χ3n) is 3.75. The van der Waals surface area contributed by atoms with E-state index in [1.54, 1.807) is 30.9 Å². The van der Waals surface area contributed by atoms with Crippen molar-refractivity contribution in [2.75, 3.05) is 5.73 Å². The quantitative estimate of drug-likeness (QED) is 0.530. The molecule has 4 aromatic heterocycles. The maximum Gasteiger partial charge on any atom is 0.221 e. The molecular formula is C18H14N6OS. The molecule has 3 N–H and O–H groups in total. The first-order valence-electron chi connectivity index (χ1n) is 7.74. The minimum Gasteiger partial charge on any atom is -0.371 e. The van der Waals surface area contributed by atoms with Crippen LogP contribution in [-0.4, -0.2) is 29.6 Å². The van der Waals surface area contributed by atoms with Crippen LogP contribution in [0.25, 0.3) is 16.7 Å². The summed E-state index contributed by atoms with van der Waals surface area (Å²) in [5, 5.41) is 13.7. The number of hydrogen-bond acceptors (Lipinski definition) is 7. The van der Waals surface area contributed by atoms with Crippen LogP contribution in [0.2, 0.25) is 0 Å². The summed E-state index contributed by atoms with van der Waals surface area (Å²) >= 11 is 1.35. The van der Waals surface area contributed by atoms with Gasteiger partial charge in [0.05, 0.1) is 5.69 Å². The molecule has 26 heavy (non-hydrogen) atoms. The Morgan fingerprint density at radius 3 is 2.92 bits per heavy atom. The predicted octanol–water partition coefficient (Wildman–Crippen LogP) is 2.11. The number of nitrogens with zero attached hydrogens (tertiary/aromatic N) is 5. The minimum atomic E-state index is -1.33. The van der Waals surface area contributed by atoms with E-state index in [0.29, 0.717) is 16.3 Å². The van der Waals surface area contributed by atoms with Gasteiger partial charge in [0.25, 0.3) is 0 Å². The zero-order valence-corrected chi connectivity index (χ0v) is 14.6. The van der Waals surface area contributed by atoms with E-state index >= 15 is 0 Å². The first-order valence-corrected chi connectivity index (χ1v) is 8.62. The molecule has 0 aliphatic heterocycles. The van der Waals surface area contributed by atoms with Crippen LogP contribution in [0.3, 0.4) is 0 Å². The smallest absolute Gasteiger partial charge is 0.221 e. The number of pyridine rings is 1. The number of rotatable bonds is 2. The van der Waals surface area contributed by atoms with Crippen LogP contribution in [0, 0.1) is 11.8 Å². The van der Waals surface area contributed by atoms with E-state index in [2.05, 4.69) is 31.8 Å². The van der Waals surface area contributed by atoms with Crippen molar-refractivity contribution < 1.29 is 5.11 Å². The van der Waals surface area contributed by atoms with Crippen LogP contribution in [0.1, 0.15) is 17.6 Å². The second kappa shape index (κ2) is 6.22. The maximum absolute atomic E-state index is 10.5. The van der Waals surface area contributed by atoms with Gasteiger partial charge in [0.2, 0.25) is 5.95 Å². The Hall–Kier alpha value is -3.28. The van der Waals surface area contributed by atoms with Crippen molar-refractivity contribution in [2.45, 2.75) is 12.5 Å². The molecule has 128 valence electrons. The molecule has 0 amide bonds. The molecule has 0 fully saturated rings. The summed E-state index contributed by atoms with van der Waals surface area (Å²) in [5.41, 5.74) is 6.45. The van der Waals surface area contributed by atoms with Crippen molar-refractivity contribution in [3.63, 3.8) is 0 Å². The summed E-state index contributed by atoms with van der Waals surface area (Å²) < 4.78 is 1.89. The normalized spacial score (nSPS) is 13.2. The Morgan fingerprint density at radius 2 is 2.12 bits per heavy atom. The van der Waals surface area contributed by atoms with Crippen LogP contribution in [0.4, 0.5) is 5.95 Å². The highest BCUT2D eigenvalue weighted by atomic mass is 32.1. The monoisotopic (exact) mass is 362 g/mol. The van der Waals surface area contributed by atoms with Crippen molar-refractivity contribution in [1.82, 2.24) is 24.5 Å². The van der Waals surface area contributed by atoms with Gasteiger partial charge in [-0.05, 0) is 31.0 Å². The molecule has 4 rings (SSSR count). The Kier molecular flexibility index (Phi) is 3.88. The van der Waals surface area contributed by atoms with E-state index in [0.717, 1.165) is 11.1 Å². The molecule has 1 unspecified atom stereocenters. The molecule has 0 bridgehead atoms. The zero-order valence-electron chi connectivity index (χ0n) is 13.8. The SMILES string of the molecule is CC(O)(C#Cc1cc(-n2ccc3cnc(N)nc32)ccn1)c1nccs1. The van der Waals surface area contributed by atoms with Crippen LogP contribution >= 0.6 is 11.3 Å². The zero-order chi connectivity index (χ0) is 18.1. The Bertz CT molecular complexity index is 1140. The van der Waals surface area contributed by atoms with E-state index in [9.17, 15) is 5.11 Å². The van der Waals surface area contributed by atoms with Crippen LogP contribution in [-0.2, 0) is 5.60 Å². The van der Waals surface area contributed by atoms with Gasteiger partial charge < -0.3 is 15.4 Å². The summed E-state index contributed by atoms with van der Waals surface area (Å²) in [4.78, 5) is 16.7. The lowest BCUT2D eigenvalue weighted by Crippen LogP contribution is -2.18. The van der Waals surface area contributed by atoms with Gasteiger partial charge in [-0.1, -0.05) is 5.92 Å². The fraction of sp³-hybridized carbons (Fsp3) is 0.111. The highest BCUT2D eigenvalue weighted by molar-refractivity contribution is 7.09. The summed E-state index contributed by atoms with van der Waals surface area (Å²) in [6.07, 6.45) is 6.87.